The van der Waals surface area contributed by atoms with Gasteiger partial charge in [0.05, 0.1) is 29.3 Å². The van der Waals surface area contributed by atoms with Gasteiger partial charge in [0.15, 0.2) is 17.1 Å². The van der Waals surface area contributed by atoms with Gasteiger partial charge in [-0.3, -0.25) is 24.1 Å². The number of Topliss-reactive ketones (excluding diaryl/α,β-unsaturated/α-hetero) is 2. The molecule has 0 fully saturated rings. The second-order valence-corrected chi connectivity index (χ2v) is 22.7. The molecule has 4 aromatic carbocycles. The minimum absolute atomic E-state index is 0.0704. The third-order valence-corrected chi connectivity index (χ3v) is 19.4. The van der Waals surface area contributed by atoms with Crippen LogP contribution < -0.4 is 27.0 Å². The van der Waals surface area contributed by atoms with Gasteiger partial charge in [-0.25, -0.2) is 0 Å². The molecule has 12 nitrogen and oxygen atoms in total. The van der Waals surface area contributed by atoms with Gasteiger partial charge in [-0.15, -0.1) is 0 Å². The third kappa shape index (κ3) is 9.09. The van der Waals surface area contributed by atoms with Crippen LogP contribution in [0.1, 0.15) is 93.0 Å². The van der Waals surface area contributed by atoms with Crippen molar-refractivity contribution in [3.63, 3.8) is 0 Å². The Balaban J connectivity index is 0.920. The van der Waals surface area contributed by atoms with E-state index in [1.807, 2.05) is 0 Å². The summed E-state index contributed by atoms with van der Waals surface area (Å²) in [6.45, 7) is 1.63. The monoisotopic (exact) mass is 957 g/mol. The van der Waals surface area contributed by atoms with Crippen LogP contribution in [0.4, 0.5) is 18.9 Å². The molecule has 7 rings (SSSR count). The molecule has 0 heterocycles. The molecular formula is C52H59F3N3O9P. The van der Waals surface area contributed by atoms with Crippen molar-refractivity contribution >= 4 is 52.2 Å². The Morgan fingerprint density at radius 2 is 1.21 bits per heavy atom. The van der Waals surface area contributed by atoms with Gasteiger partial charge < -0.3 is 36.6 Å². The molecule has 2 amide bonds. The molecule has 0 aromatic heterocycles. The second-order valence-electron chi connectivity index (χ2n) is 18.6. The van der Waals surface area contributed by atoms with Crippen LogP contribution in [0.3, 0.4) is 0 Å². The molecule has 3 aliphatic carbocycles. The molecule has 0 spiro atoms. The van der Waals surface area contributed by atoms with Crippen molar-refractivity contribution in [1.82, 2.24) is 4.90 Å². The maximum absolute atomic E-state index is 14.2. The zero-order chi connectivity index (χ0) is 49.2. The average molecular weight is 958 g/mol. The minimum Gasteiger partial charge on any atom is -0.510 e. The fourth-order valence-corrected chi connectivity index (χ4v) is 15.8. The number of phenolic OH excluding ortho intramolecular Hbond substituents is 1. The molecule has 0 bridgehead atoms. The first-order valence-corrected chi connectivity index (χ1v) is 25.3. The number of aromatic hydroxyl groups is 1. The van der Waals surface area contributed by atoms with Crippen molar-refractivity contribution in [2.45, 2.75) is 94.8 Å². The average Bonchev–Trinajstić information content (AvgIpc) is 3.29. The molecule has 68 heavy (non-hydrogen) atoms. The summed E-state index contributed by atoms with van der Waals surface area (Å²) >= 11 is 0. The van der Waals surface area contributed by atoms with Crippen LogP contribution in [0, 0.1) is 29.3 Å². The number of hydrogen-bond donors (Lipinski definition) is 7. The predicted octanol–water partition coefficient (Wildman–Crippen LogP) is 6.64. The van der Waals surface area contributed by atoms with Gasteiger partial charge in [-0.2, -0.15) is 0 Å². The van der Waals surface area contributed by atoms with E-state index in [9.17, 15) is 57.9 Å². The maximum atomic E-state index is 14.2. The summed E-state index contributed by atoms with van der Waals surface area (Å²) in [5.41, 5.74) is 0.772. The number of hydrogen-bond acceptors (Lipinski definition) is 10. The summed E-state index contributed by atoms with van der Waals surface area (Å²) < 4.78 is 42.3. The SMILES string of the molecule is C[C@H]1c2ccc(NC(=O)CCCCCCCCCCC[PH](c3ccc(F)cc3)(c3ccc(F)cc3)c3ccc(F)cc3)c(O)c2C(=O)C2=C(O)[C@]3(O)C(=O)C(C(N)=O)=C(O)[C@@H](N(C)C)[C@@H]3[C@@H](O)[C@@H]21. The molecule has 8 N–H and O–H groups in total. The number of nitrogens with one attached hydrogen (secondary N) is 1. The fourth-order valence-electron chi connectivity index (χ4n) is 11.0. The van der Waals surface area contributed by atoms with Gasteiger partial charge in [-0.05, 0) is 31.6 Å². The number of aliphatic hydroxyl groups excluding tert-OH is 3. The number of unbranched alkanes of at least 4 members (excludes halogenated alkanes) is 8. The largest absolute Gasteiger partial charge is 0.510 e. The Morgan fingerprint density at radius 1 is 0.735 bits per heavy atom. The summed E-state index contributed by atoms with van der Waals surface area (Å²) in [5.74, 6) is -11.4. The molecule has 0 aliphatic heterocycles. The number of nitrogens with zero attached hydrogens (tertiary/aromatic N) is 1. The van der Waals surface area contributed by atoms with Gasteiger partial charge in [-0.1, -0.05) is 13.0 Å². The topological polar surface area (TPSA) is 211 Å². The van der Waals surface area contributed by atoms with E-state index >= 15 is 0 Å². The summed E-state index contributed by atoms with van der Waals surface area (Å²) in [6.07, 6.45) is 7.20. The van der Waals surface area contributed by atoms with Crippen LogP contribution in [0.15, 0.2) is 108 Å². The van der Waals surface area contributed by atoms with Crippen molar-refractivity contribution < 1.29 is 57.9 Å². The molecule has 0 radical (unpaired) electrons. The van der Waals surface area contributed by atoms with Crippen molar-refractivity contribution in [2.24, 2.45) is 17.6 Å². The first-order chi connectivity index (χ1) is 32.4. The van der Waals surface area contributed by atoms with E-state index in [-0.39, 0.29) is 40.7 Å². The number of rotatable bonds is 18. The summed E-state index contributed by atoms with van der Waals surface area (Å²) in [4.78, 5) is 54.6. The molecule has 0 saturated heterocycles. The fraction of sp³-hybridized carbons (Fsp3) is 0.385. The smallest absolute Gasteiger partial charge is 0.255 e. The Morgan fingerprint density at radius 3 is 1.68 bits per heavy atom. The molecule has 3 aliphatic rings. The van der Waals surface area contributed by atoms with Crippen molar-refractivity contribution in [1.29, 1.82) is 0 Å². The van der Waals surface area contributed by atoms with Crippen LogP contribution in [0.5, 0.6) is 5.75 Å². The molecule has 362 valence electrons. The number of aliphatic hydroxyl groups is 4. The summed E-state index contributed by atoms with van der Waals surface area (Å²) in [5, 5.41) is 63.4. The molecular weight excluding hydrogens is 899 g/mol. The number of carbonyl (C=O) groups excluding carboxylic acids is 4. The first kappa shape index (κ1) is 50.0. The van der Waals surface area contributed by atoms with E-state index in [1.54, 1.807) is 43.3 Å². The van der Waals surface area contributed by atoms with Crippen LogP contribution in [0.2, 0.25) is 0 Å². The van der Waals surface area contributed by atoms with Crippen molar-refractivity contribution in [3.8, 4) is 5.75 Å². The van der Waals surface area contributed by atoms with E-state index < -0.39 is 94.6 Å². The Bertz CT molecular complexity index is 2530. The quantitative estimate of drug-likeness (QED) is 0.0245. The minimum atomic E-state index is -3.03. The number of ketones is 2. The molecule has 6 atom stereocenters. The van der Waals surface area contributed by atoms with Crippen LogP contribution in [-0.2, 0) is 14.4 Å². The number of halogens is 3. The number of benzene rings is 4. The third-order valence-electron chi connectivity index (χ3n) is 14.4. The van der Waals surface area contributed by atoms with Crippen molar-refractivity contribution in [3.05, 3.63) is 136 Å². The van der Waals surface area contributed by atoms with E-state index in [0.717, 1.165) is 73.4 Å². The summed E-state index contributed by atoms with van der Waals surface area (Å²) in [7, 11) is 0.144. The molecule has 16 heteroatoms. The number of primary amides is 1. The Hall–Kier alpha value is -5.86. The van der Waals surface area contributed by atoms with Gasteiger partial charge in [0.1, 0.15) is 17.1 Å². The molecule has 0 saturated carbocycles. The molecule has 4 aromatic rings. The van der Waals surface area contributed by atoms with Gasteiger partial charge in [0.25, 0.3) is 5.91 Å². The number of phenols is 1. The first-order valence-electron chi connectivity index (χ1n) is 23.1. The second kappa shape index (κ2) is 20.4. The summed E-state index contributed by atoms with van der Waals surface area (Å²) in [6, 6.07) is 21.0. The number of likely N-dealkylation sites (N-methyl/N-ethyl adjacent to an activating group) is 1. The van der Waals surface area contributed by atoms with Gasteiger partial charge >= 0.3 is 203 Å². The maximum Gasteiger partial charge on any atom is 0.255 e. The Labute approximate surface area is 393 Å². The van der Waals surface area contributed by atoms with E-state index in [2.05, 4.69) is 5.32 Å². The number of carbonyl (C=O) groups is 4. The standard InChI is InChI=1S/C52H59F3N3O9P/c1-29-36-26-27-37(45(60)40(36)46(61)41-39(29)47(62)43-44(58(2)3)48(63)42(51(56)66)50(65)52(43,67)49(41)64)57-38(59)13-11-9-7-5-4-6-8-10-12-28-68(33-20-14-30(53)15-21-33,34-22-16-31(54)17-23-34)35-24-18-32(55)19-25-35/h14-27,29,39,43-44,47,60,62-64,67-68H,4-13,28H2,1-3H3,(H2,56,66)(H,57,59)/t29-,39+,43+,44-,47-,52-/m0/s1. The van der Waals surface area contributed by atoms with Gasteiger partial charge in [0, 0.05) is 11.5 Å². The van der Waals surface area contributed by atoms with Crippen LogP contribution >= 0.6 is 7.26 Å². The number of anilines is 1. The van der Waals surface area contributed by atoms with Crippen molar-refractivity contribution in [2.75, 3.05) is 25.6 Å². The Kier molecular flexibility index (Phi) is 15.0. The zero-order valence-electron chi connectivity index (χ0n) is 38.3. The zero-order valence-corrected chi connectivity index (χ0v) is 39.3. The van der Waals surface area contributed by atoms with Crippen LogP contribution in [0.25, 0.3) is 0 Å². The number of amides is 2. The predicted molar refractivity (Wildman–Crippen MR) is 256 cm³/mol. The number of nitrogens with two attached hydrogens (primary N) is 1. The van der Waals surface area contributed by atoms with Gasteiger partial charge in [0.2, 0.25) is 5.78 Å². The molecule has 0 unspecified atom stereocenters. The van der Waals surface area contributed by atoms with Crippen LogP contribution in [-0.4, -0.2) is 91.8 Å². The van der Waals surface area contributed by atoms with E-state index in [0.29, 0.717) is 6.42 Å². The number of fused-ring (bicyclic) bond motifs is 3. The normalized spacial score (nSPS) is 22.8. The van der Waals surface area contributed by atoms with E-state index in [1.165, 1.54) is 67.5 Å². The van der Waals surface area contributed by atoms with E-state index in [4.69, 9.17) is 5.73 Å².